The second kappa shape index (κ2) is 5.01. The smallest absolute Gasteiger partial charge is 0.331 e. The van der Waals surface area contributed by atoms with Crippen LogP contribution in [0.5, 0.6) is 0 Å². The van der Waals surface area contributed by atoms with Gasteiger partial charge in [0.15, 0.2) is 5.76 Å². The molecule has 2 aromatic rings. The molecule has 7 nitrogen and oxygen atoms in total. The average molecular weight is 251 g/mol. The summed E-state index contributed by atoms with van der Waals surface area (Å²) in [5.41, 5.74) is -0.249. The maximum Gasteiger partial charge on any atom is 0.331 e. The third kappa shape index (κ3) is 2.40. The van der Waals surface area contributed by atoms with E-state index in [4.69, 9.17) is 9.26 Å². The second-order valence-corrected chi connectivity index (χ2v) is 3.85. The van der Waals surface area contributed by atoms with Crippen LogP contribution in [0.1, 0.15) is 11.5 Å². The van der Waals surface area contributed by atoms with Crippen LogP contribution in [0.2, 0.25) is 0 Å². The van der Waals surface area contributed by atoms with Gasteiger partial charge in [0, 0.05) is 32.5 Å². The molecule has 0 saturated heterocycles. The molecule has 0 radical (unpaired) electrons. The number of nitrogens with zero attached hydrogens (tertiary/aromatic N) is 3. The van der Waals surface area contributed by atoms with Crippen LogP contribution >= 0.6 is 0 Å². The molecule has 0 atom stereocenters. The minimum absolute atomic E-state index is 0.0829. The molecule has 2 aromatic heterocycles. The van der Waals surface area contributed by atoms with E-state index in [0.717, 1.165) is 4.57 Å². The van der Waals surface area contributed by atoms with Crippen molar-refractivity contribution < 1.29 is 9.26 Å². The predicted octanol–water partition coefficient (Wildman–Crippen LogP) is -0.270. The normalized spacial score (nSPS) is 10.8. The molecule has 96 valence electrons. The summed E-state index contributed by atoms with van der Waals surface area (Å²) in [5, 5.41) is 3.78. The summed E-state index contributed by atoms with van der Waals surface area (Å²) in [6.07, 6.45) is 1.43. The highest BCUT2D eigenvalue weighted by atomic mass is 16.5. The van der Waals surface area contributed by atoms with Crippen LogP contribution in [-0.4, -0.2) is 21.4 Å². The molecule has 7 heteroatoms. The summed E-state index contributed by atoms with van der Waals surface area (Å²) in [5.74, 6) is 0.549. The summed E-state index contributed by atoms with van der Waals surface area (Å²) < 4.78 is 12.3. The Morgan fingerprint density at radius 2 is 2.22 bits per heavy atom. The third-order valence-electron chi connectivity index (χ3n) is 2.45. The van der Waals surface area contributed by atoms with E-state index >= 15 is 0 Å². The summed E-state index contributed by atoms with van der Waals surface area (Å²) >= 11 is 0. The fourth-order valence-electron chi connectivity index (χ4n) is 1.56. The van der Waals surface area contributed by atoms with Crippen molar-refractivity contribution in [3.63, 3.8) is 0 Å². The summed E-state index contributed by atoms with van der Waals surface area (Å²) in [4.78, 5) is 23.4. The van der Waals surface area contributed by atoms with Gasteiger partial charge in [0.25, 0.3) is 5.56 Å². The van der Waals surface area contributed by atoms with E-state index in [1.807, 2.05) is 0 Å². The zero-order chi connectivity index (χ0) is 13.1. The van der Waals surface area contributed by atoms with Crippen molar-refractivity contribution in [2.24, 2.45) is 7.05 Å². The van der Waals surface area contributed by atoms with Crippen LogP contribution < -0.4 is 11.2 Å². The number of rotatable bonds is 4. The maximum atomic E-state index is 11.8. The fraction of sp³-hybridized carbons (Fsp3) is 0.364. The number of hydrogen-bond donors (Lipinski definition) is 0. The summed E-state index contributed by atoms with van der Waals surface area (Å²) in [6, 6.07) is 2.99. The van der Waals surface area contributed by atoms with Crippen LogP contribution in [-0.2, 0) is 24.9 Å². The van der Waals surface area contributed by atoms with Gasteiger partial charge in [0.2, 0.25) is 0 Å². The molecular formula is C11H13N3O4. The Morgan fingerprint density at radius 3 is 2.94 bits per heavy atom. The first-order valence-electron chi connectivity index (χ1n) is 5.31. The molecule has 0 aliphatic rings. The lowest BCUT2D eigenvalue weighted by atomic mass is 10.3. The zero-order valence-corrected chi connectivity index (χ0v) is 10.1. The van der Waals surface area contributed by atoms with Gasteiger partial charge in [-0.1, -0.05) is 5.16 Å². The second-order valence-electron chi connectivity index (χ2n) is 3.85. The van der Waals surface area contributed by atoms with E-state index in [-0.39, 0.29) is 12.1 Å². The molecule has 18 heavy (non-hydrogen) atoms. The number of ether oxygens (including phenoxy) is 1. The van der Waals surface area contributed by atoms with Crippen molar-refractivity contribution in [2.45, 2.75) is 13.2 Å². The van der Waals surface area contributed by atoms with Gasteiger partial charge in [0.05, 0.1) is 6.54 Å². The summed E-state index contributed by atoms with van der Waals surface area (Å²) in [6.45, 7) is 0.383. The third-order valence-corrected chi connectivity index (χ3v) is 2.45. The lowest BCUT2D eigenvalue weighted by Gasteiger charge is -2.03. The SMILES string of the molecule is COCc1cc(Cn2c(=O)ccn(C)c2=O)no1. The van der Waals surface area contributed by atoms with Gasteiger partial charge in [-0.3, -0.25) is 9.36 Å². The van der Waals surface area contributed by atoms with Gasteiger partial charge >= 0.3 is 5.69 Å². The molecule has 2 heterocycles. The molecule has 0 aromatic carbocycles. The zero-order valence-electron chi connectivity index (χ0n) is 10.1. The first-order chi connectivity index (χ1) is 8.61. The predicted molar refractivity (Wildman–Crippen MR) is 62.3 cm³/mol. The minimum Gasteiger partial charge on any atom is -0.377 e. The molecule has 0 N–H and O–H groups in total. The van der Waals surface area contributed by atoms with Gasteiger partial charge in [-0.05, 0) is 0 Å². The molecule has 0 unspecified atom stereocenters. The van der Waals surface area contributed by atoms with E-state index in [1.54, 1.807) is 20.2 Å². The van der Waals surface area contributed by atoms with Crippen molar-refractivity contribution in [1.82, 2.24) is 14.3 Å². The molecule has 0 amide bonds. The van der Waals surface area contributed by atoms with Crippen molar-refractivity contribution in [3.8, 4) is 0 Å². The van der Waals surface area contributed by atoms with E-state index in [9.17, 15) is 9.59 Å². The van der Waals surface area contributed by atoms with Crippen LogP contribution in [0.4, 0.5) is 0 Å². The van der Waals surface area contributed by atoms with E-state index in [2.05, 4.69) is 5.16 Å². The van der Waals surface area contributed by atoms with Crippen molar-refractivity contribution >= 4 is 0 Å². The van der Waals surface area contributed by atoms with E-state index in [0.29, 0.717) is 18.1 Å². The maximum absolute atomic E-state index is 11.8. The number of aryl methyl sites for hydroxylation is 1. The molecule has 0 fully saturated rings. The van der Waals surface area contributed by atoms with Crippen molar-refractivity contribution in [2.75, 3.05) is 7.11 Å². The van der Waals surface area contributed by atoms with Crippen LogP contribution in [0, 0.1) is 0 Å². The monoisotopic (exact) mass is 251 g/mol. The Bertz CT molecular complexity index is 653. The Labute approximate surface area is 102 Å². The number of methoxy groups -OCH3 is 1. The highest BCUT2D eigenvalue weighted by molar-refractivity contribution is 5.05. The van der Waals surface area contributed by atoms with E-state index in [1.165, 1.54) is 16.8 Å². The molecule has 2 rings (SSSR count). The van der Waals surface area contributed by atoms with Crippen LogP contribution in [0.25, 0.3) is 0 Å². The average Bonchev–Trinajstić information content (AvgIpc) is 2.78. The molecule has 0 bridgehead atoms. The van der Waals surface area contributed by atoms with Gasteiger partial charge in [-0.2, -0.15) is 0 Å². The van der Waals surface area contributed by atoms with Gasteiger partial charge in [-0.15, -0.1) is 0 Å². The van der Waals surface area contributed by atoms with Gasteiger partial charge < -0.3 is 13.8 Å². The molecule has 0 aliphatic heterocycles. The van der Waals surface area contributed by atoms with Gasteiger partial charge in [0.1, 0.15) is 12.3 Å². The lowest BCUT2D eigenvalue weighted by Crippen LogP contribution is -2.38. The van der Waals surface area contributed by atoms with Crippen molar-refractivity contribution in [3.05, 3.63) is 50.6 Å². The molecular weight excluding hydrogens is 238 g/mol. The van der Waals surface area contributed by atoms with Gasteiger partial charge in [-0.25, -0.2) is 4.79 Å². The standard InChI is InChI=1S/C11H13N3O4/c1-13-4-3-10(15)14(11(13)16)6-8-5-9(7-17-2)18-12-8/h3-5H,6-7H2,1-2H3. The van der Waals surface area contributed by atoms with Crippen molar-refractivity contribution in [1.29, 1.82) is 0 Å². The van der Waals surface area contributed by atoms with Crippen LogP contribution in [0.3, 0.4) is 0 Å². The molecule has 0 saturated carbocycles. The Hall–Kier alpha value is -2.15. The first kappa shape index (κ1) is 12.3. The largest absolute Gasteiger partial charge is 0.377 e. The first-order valence-corrected chi connectivity index (χ1v) is 5.31. The lowest BCUT2D eigenvalue weighted by molar-refractivity contribution is 0.155. The fourth-order valence-corrected chi connectivity index (χ4v) is 1.56. The minimum atomic E-state index is -0.390. The highest BCUT2D eigenvalue weighted by Gasteiger charge is 2.08. The Kier molecular flexibility index (Phi) is 3.42. The Morgan fingerprint density at radius 1 is 1.44 bits per heavy atom. The molecule has 0 spiro atoms. The number of aromatic nitrogens is 3. The topological polar surface area (TPSA) is 79.3 Å². The summed E-state index contributed by atoms with van der Waals surface area (Å²) in [7, 11) is 3.12. The molecule has 0 aliphatic carbocycles. The highest BCUT2D eigenvalue weighted by Crippen LogP contribution is 2.04. The van der Waals surface area contributed by atoms with Crippen LogP contribution in [0.15, 0.2) is 32.4 Å². The quantitative estimate of drug-likeness (QED) is 0.747. The number of hydrogen-bond acceptors (Lipinski definition) is 5. The Balaban J connectivity index is 2.31. The van der Waals surface area contributed by atoms with E-state index < -0.39 is 5.69 Å².